The summed E-state index contributed by atoms with van der Waals surface area (Å²) in [5.41, 5.74) is 0.453. The van der Waals surface area contributed by atoms with Gasteiger partial charge in [-0.05, 0) is 25.5 Å². The molecule has 1 aromatic carbocycles. The summed E-state index contributed by atoms with van der Waals surface area (Å²) in [6, 6.07) is 6.28. The van der Waals surface area contributed by atoms with Gasteiger partial charge >= 0.3 is 12.0 Å². The van der Waals surface area contributed by atoms with Gasteiger partial charge in [-0.1, -0.05) is 31.2 Å². The summed E-state index contributed by atoms with van der Waals surface area (Å²) in [5.74, 6) is -1.19. The third-order valence-corrected chi connectivity index (χ3v) is 4.66. The van der Waals surface area contributed by atoms with E-state index in [0.29, 0.717) is 31.5 Å². The van der Waals surface area contributed by atoms with Crippen LogP contribution in [0.4, 0.5) is 9.18 Å². The van der Waals surface area contributed by atoms with E-state index in [0.717, 1.165) is 0 Å². The SMILES string of the molecule is C=CCN(Cc1ccccc1F)C(=O)NC1CC(N(CC)CC(=O)O)C1. The lowest BCUT2D eigenvalue weighted by atomic mass is 9.85. The molecule has 0 saturated heterocycles. The smallest absolute Gasteiger partial charge is 0.318 e. The van der Waals surface area contributed by atoms with Crippen LogP contribution in [0.25, 0.3) is 0 Å². The Kier molecular flexibility index (Phi) is 7.15. The molecule has 2 N–H and O–H groups in total. The minimum atomic E-state index is -0.846. The zero-order valence-electron chi connectivity index (χ0n) is 15.0. The second-order valence-corrected chi connectivity index (χ2v) is 6.49. The molecule has 2 rings (SSSR count). The number of benzene rings is 1. The Balaban J connectivity index is 1.88. The molecule has 142 valence electrons. The monoisotopic (exact) mass is 363 g/mol. The molecule has 26 heavy (non-hydrogen) atoms. The predicted octanol–water partition coefficient (Wildman–Crippen LogP) is 2.46. The van der Waals surface area contributed by atoms with Gasteiger partial charge in [0.05, 0.1) is 13.1 Å². The van der Waals surface area contributed by atoms with Crippen molar-refractivity contribution in [2.45, 2.75) is 38.4 Å². The van der Waals surface area contributed by atoms with Crippen molar-refractivity contribution in [3.05, 3.63) is 48.3 Å². The fourth-order valence-electron chi connectivity index (χ4n) is 3.15. The molecule has 0 bridgehead atoms. The quantitative estimate of drug-likeness (QED) is 0.661. The summed E-state index contributed by atoms with van der Waals surface area (Å²) in [4.78, 5) is 26.8. The van der Waals surface area contributed by atoms with Gasteiger partial charge in [-0.3, -0.25) is 9.69 Å². The number of carbonyl (C=O) groups excluding carboxylic acids is 1. The number of nitrogens with one attached hydrogen (secondary N) is 1. The van der Waals surface area contributed by atoms with Gasteiger partial charge < -0.3 is 15.3 Å². The minimum Gasteiger partial charge on any atom is -0.480 e. The van der Waals surface area contributed by atoms with Crippen LogP contribution < -0.4 is 5.32 Å². The topological polar surface area (TPSA) is 72.9 Å². The number of likely N-dealkylation sites (N-methyl/N-ethyl adjacent to an activating group) is 1. The highest BCUT2D eigenvalue weighted by Gasteiger charge is 2.35. The predicted molar refractivity (Wildman–Crippen MR) is 97.2 cm³/mol. The van der Waals surface area contributed by atoms with Crippen LogP contribution in [0.5, 0.6) is 0 Å². The Hall–Kier alpha value is -2.41. The van der Waals surface area contributed by atoms with E-state index in [1.165, 1.54) is 11.0 Å². The maximum absolute atomic E-state index is 13.8. The molecule has 1 aliphatic carbocycles. The molecular weight excluding hydrogens is 337 g/mol. The lowest BCUT2D eigenvalue weighted by Crippen LogP contribution is -2.56. The number of rotatable bonds is 9. The van der Waals surface area contributed by atoms with Crippen molar-refractivity contribution in [3.63, 3.8) is 0 Å². The van der Waals surface area contributed by atoms with E-state index in [1.807, 2.05) is 11.8 Å². The van der Waals surface area contributed by atoms with Crippen LogP contribution in [-0.2, 0) is 11.3 Å². The van der Waals surface area contributed by atoms with Gasteiger partial charge in [0.1, 0.15) is 5.82 Å². The number of carbonyl (C=O) groups is 2. The molecule has 0 atom stereocenters. The first-order chi connectivity index (χ1) is 12.4. The van der Waals surface area contributed by atoms with Crippen molar-refractivity contribution in [1.29, 1.82) is 0 Å². The Morgan fingerprint density at radius 2 is 2.08 bits per heavy atom. The number of hydrogen-bond donors (Lipinski definition) is 2. The molecule has 1 saturated carbocycles. The summed E-state index contributed by atoms with van der Waals surface area (Å²) in [6.07, 6.45) is 3.04. The van der Waals surface area contributed by atoms with Crippen LogP contribution in [-0.4, -0.2) is 58.6 Å². The van der Waals surface area contributed by atoms with Crippen molar-refractivity contribution >= 4 is 12.0 Å². The van der Waals surface area contributed by atoms with E-state index in [4.69, 9.17) is 5.11 Å². The maximum Gasteiger partial charge on any atom is 0.318 e. The van der Waals surface area contributed by atoms with Crippen LogP contribution in [0.2, 0.25) is 0 Å². The van der Waals surface area contributed by atoms with Gasteiger partial charge in [0.15, 0.2) is 0 Å². The molecule has 1 aliphatic rings. The third-order valence-electron chi connectivity index (χ3n) is 4.66. The second kappa shape index (κ2) is 9.33. The molecule has 0 aromatic heterocycles. The summed E-state index contributed by atoms with van der Waals surface area (Å²) in [7, 11) is 0. The van der Waals surface area contributed by atoms with E-state index < -0.39 is 5.97 Å². The second-order valence-electron chi connectivity index (χ2n) is 6.49. The molecule has 2 amide bonds. The first-order valence-electron chi connectivity index (χ1n) is 8.80. The normalized spacial score (nSPS) is 18.9. The van der Waals surface area contributed by atoms with Crippen LogP contribution >= 0.6 is 0 Å². The highest BCUT2D eigenvalue weighted by atomic mass is 19.1. The molecule has 0 heterocycles. The molecule has 1 aromatic rings. The Labute approximate surface area is 153 Å². The van der Waals surface area contributed by atoms with Crippen molar-refractivity contribution in [1.82, 2.24) is 15.1 Å². The lowest BCUT2D eigenvalue weighted by molar-refractivity contribution is -0.139. The molecule has 1 fully saturated rings. The summed E-state index contributed by atoms with van der Waals surface area (Å²) < 4.78 is 13.8. The molecule has 0 unspecified atom stereocenters. The average Bonchev–Trinajstić information content (AvgIpc) is 2.57. The van der Waals surface area contributed by atoms with Gasteiger partial charge in [0, 0.05) is 24.2 Å². The maximum atomic E-state index is 13.8. The number of halogens is 1. The van der Waals surface area contributed by atoms with E-state index in [2.05, 4.69) is 11.9 Å². The lowest BCUT2D eigenvalue weighted by Gasteiger charge is -2.42. The van der Waals surface area contributed by atoms with Gasteiger partial charge in [-0.25, -0.2) is 9.18 Å². The van der Waals surface area contributed by atoms with E-state index >= 15 is 0 Å². The van der Waals surface area contributed by atoms with Crippen LogP contribution in [0.1, 0.15) is 25.3 Å². The van der Waals surface area contributed by atoms with Crippen molar-refractivity contribution < 1.29 is 19.1 Å². The zero-order valence-corrected chi connectivity index (χ0v) is 15.0. The fraction of sp³-hybridized carbons (Fsp3) is 0.474. The Morgan fingerprint density at radius 3 is 2.65 bits per heavy atom. The van der Waals surface area contributed by atoms with Crippen LogP contribution in [0.3, 0.4) is 0 Å². The number of carboxylic acid groups (broad SMARTS) is 1. The number of amides is 2. The first-order valence-corrected chi connectivity index (χ1v) is 8.80. The number of carboxylic acids is 1. The van der Waals surface area contributed by atoms with Gasteiger partial charge in [-0.15, -0.1) is 6.58 Å². The van der Waals surface area contributed by atoms with Crippen molar-refractivity contribution in [3.8, 4) is 0 Å². The largest absolute Gasteiger partial charge is 0.480 e. The summed E-state index contributed by atoms with van der Waals surface area (Å²) in [6.45, 7) is 6.74. The minimum absolute atomic E-state index is 0.00304. The third kappa shape index (κ3) is 5.29. The van der Waals surface area contributed by atoms with E-state index in [9.17, 15) is 14.0 Å². The average molecular weight is 363 g/mol. The molecule has 0 radical (unpaired) electrons. The van der Waals surface area contributed by atoms with Crippen molar-refractivity contribution in [2.75, 3.05) is 19.6 Å². The van der Waals surface area contributed by atoms with E-state index in [-0.39, 0.29) is 37.0 Å². The fourth-order valence-corrected chi connectivity index (χ4v) is 3.15. The summed E-state index contributed by atoms with van der Waals surface area (Å²) in [5, 5.41) is 11.9. The van der Waals surface area contributed by atoms with Crippen molar-refractivity contribution in [2.24, 2.45) is 0 Å². The molecular formula is C19H26FN3O3. The highest BCUT2D eigenvalue weighted by Crippen LogP contribution is 2.26. The number of nitrogens with zero attached hydrogens (tertiary/aromatic N) is 2. The standard InChI is InChI=1S/C19H26FN3O3/c1-3-9-23(12-14-7-5-6-8-17(14)20)19(26)21-15-10-16(11-15)22(4-2)13-18(24)25/h3,5-8,15-16H,1,4,9-13H2,2H3,(H,21,26)(H,24,25). The zero-order chi connectivity index (χ0) is 19.1. The van der Waals surface area contributed by atoms with Crippen LogP contribution in [0.15, 0.2) is 36.9 Å². The van der Waals surface area contributed by atoms with Crippen LogP contribution in [0, 0.1) is 5.82 Å². The van der Waals surface area contributed by atoms with E-state index in [1.54, 1.807) is 24.3 Å². The number of urea groups is 1. The Morgan fingerprint density at radius 1 is 1.38 bits per heavy atom. The van der Waals surface area contributed by atoms with Gasteiger partial charge in [-0.2, -0.15) is 0 Å². The number of hydrogen-bond acceptors (Lipinski definition) is 3. The molecule has 7 heteroatoms. The molecule has 6 nitrogen and oxygen atoms in total. The Bertz CT molecular complexity index is 647. The summed E-state index contributed by atoms with van der Waals surface area (Å²) >= 11 is 0. The van der Waals surface area contributed by atoms with Gasteiger partial charge in [0.2, 0.25) is 0 Å². The van der Waals surface area contributed by atoms with Gasteiger partial charge in [0.25, 0.3) is 0 Å². The first kappa shape index (κ1) is 19.9. The molecule has 0 spiro atoms. The highest BCUT2D eigenvalue weighted by molar-refractivity contribution is 5.75. The molecule has 0 aliphatic heterocycles. The number of aliphatic carboxylic acids is 1.